The van der Waals surface area contributed by atoms with E-state index in [1.54, 1.807) is 0 Å². The van der Waals surface area contributed by atoms with Crippen LogP contribution in [-0.2, 0) is 6.37 Å². The second-order valence-corrected chi connectivity index (χ2v) is 20.8. The van der Waals surface area contributed by atoms with Gasteiger partial charge in [-0.25, -0.2) is 0 Å². The van der Waals surface area contributed by atoms with Crippen molar-refractivity contribution in [2.75, 3.05) is 0 Å². The third-order valence-electron chi connectivity index (χ3n) is 1.98. The van der Waals surface area contributed by atoms with E-state index in [0.29, 0.717) is 0 Å². The van der Waals surface area contributed by atoms with Crippen molar-refractivity contribution in [2.45, 2.75) is 60.4 Å². The standard InChI is InChI=1S/C12H19S.3CH3.Sn/c1-3-5-6-11(4-2)9-12-7-8-13-10-12;;;;/h7,10-11H,3-6,9H2,1-2H3;3*1H3;/i1D3,2D3,3D2,4D2,5D2,6D2,9D2,11D;;;;. The van der Waals surface area contributed by atoms with Gasteiger partial charge in [-0.2, -0.15) is 0 Å². The summed E-state index contributed by atoms with van der Waals surface area (Å²) in [5.74, 6) is -4.17. The molecule has 0 radical (unpaired) electrons. The Kier molecular flexibility index (Phi) is 1.69. The van der Waals surface area contributed by atoms with Gasteiger partial charge < -0.3 is 0 Å². The normalized spacial score (nSPS) is 36.3. The van der Waals surface area contributed by atoms with E-state index in [0.717, 1.165) is 14.2 Å². The van der Waals surface area contributed by atoms with Crippen LogP contribution in [-0.4, -0.2) is 18.4 Å². The molecule has 1 aromatic heterocycles. The molecule has 17 heavy (non-hydrogen) atoms. The minimum atomic E-state index is -4.31. The van der Waals surface area contributed by atoms with Gasteiger partial charge in [-0.05, 0) is 0 Å². The SMILES string of the molecule is [2H]C([2H])([2H])C([2H])([2H])C([2H])([2H])C([2H])([2H])C([2H])(C([2H])([2H])c1cs[c]([Sn]([CH3])([CH3])[CH3])c1)C([2H])([2H])C([2H])([2H])[2H]. The average Bonchev–Trinajstić information content (AvgIpc) is 3.09. The molecule has 0 bridgehead atoms. The molecule has 0 spiro atoms. The van der Waals surface area contributed by atoms with Crippen molar-refractivity contribution >= 4 is 32.6 Å². The molecule has 98 valence electrons. The first-order valence-electron chi connectivity index (χ1n) is 13.6. The summed E-state index contributed by atoms with van der Waals surface area (Å²) in [6.07, 6.45) is -20.2. The average molecular weight is 376 g/mol. The molecule has 0 aromatic carbocycles. The van der Waals surface area contributed by atoms with E-state index in [4.69, 9.17) is 23.3 Å². The van der Waals surface area contributed by atoms with Crippen LogP contribution in [0.1, 0.15) is 68.1 Å². The van der Waals surface area contributed by atoms with Gasteiger partial charge in [-0.3, -0.25) is 0 Å². The van der Waals surface area contributed by atoms with Gasteiger partial charge >= 0.3 is 139 Å². The summed E-state index contributed by atoms with van der Waals surface area (Å²) < 4.78 is 137. The van der Waals surface area contributed by atoms with Crippen LogP contribution in [0.5, 0.6) is 0 Å². The summed E-state index contributed by atoms with van der Waals surface area (Å²) in [7, 11) is 0. The number of hydrogen-bond acceptors (Lipinski definition) is 1. The van der Waals surface area contributed by atoms with Gasteiger partial charge in [0.15, 0.2) is 0 Å². The quantitative estimate of drug-likeness (QED) is 0.584. The molecule has 1 atom stereocenters. The maximum atomic E-state index is 8.77. The Labute approximate surface area is 140 Å². The van der Waals surface area contributed by atoms with Crippen molar-refractivity contribution in [3.63, 3.8) is 0 Å². The Morgan fingerprint density at radius 1 is 1.47 bits per heavy atom. The molecule has 0 aliphatic heterocycles. The minimum absolute atomic E-state index is 0.462. The second kappa shape index (κ2) is 7.18. The topological polar surface area (TPSA) is 0 Å². The summed E-state index contributed by atoms with van der Waals surface area (Å²) in [6, 6.07) is 1.28. The van der Waals surface area contributed by atoms with E-state index in [-0.39, 0.29) is 0 Å². The summed E-state index contributed by atoms with van der Waals surface area (Å²) in [5, 5.41) is 1.18. The predicted octanol–water partition coefficient (Wildman–Crippen LogP) is 5.05. The molecular formula is C15H28SSn. The van der Waals surface area contributed by atoms with Gasteiger partial charge in [0.2, 0.25) is 0 Å². The van der Waals surface area contributed by atoms with Crippen LogP contribution >= 0.6 is 11.3 Å². The molecule has 0 nitrogen and oxygen atoms in total. The molecule has 0 amide bonds. The summed E-state index contributed by atoms with van der Waals surface area (Å²) >= 11 is -1.80. The fourth-order valence-electron chi connectivity index (χ4n) is 1.13. The molecule has 0 aliphatic carbocycles. The van der Waals surface area contributed by atoms with Crippen molar-refractivity contribution in [3.05, 3.63) is 17.0 Å². The molecular weight excluding hydrogens is 331 g/mol. The van der Waals surface area contributed by atoms with Crippen molar-refractivity contribution in [2.24, 2.45) is 5.89 Å². The molecule has 1 heterocycles. The van der Waals surface area contributed by atoms with E-state index in [2.05, 4.69) is 0 Å². The predicted molar refractivity (Wildman–Crippen MR) is 84.3 cm³/mol. The van der Waals surface area contributed by atoms with Gasteiger partial charge in [0, 0.05) is 0 Å². The first kappa shape index (κ1) is 4.00. The molecule has 2 heteroatoms. The first-order chi connectivity index (χ1) is 14.5. The van der Waals surface area contributed by atoms with Crippen molar-refractivity contribution in [1.82, 2.24) is 0 Å². The van der Waals surface area contributed by atoms with E-state index in [1.807, 2.05) is 14.8 Å². The van der Waals surface area contributed by atoms with E-state index in [1.165, 1.54) is 11.4 Å². The number of thiophene rings is 1. The van der Waals surface area contributed by atoms with Crippen LogP contribution < -0.4 is 2.89 Å². The van der Waals surface area contributed by atoms with E-state index < -0.39 is 75.4 Å². The third kappa shape index (κ3) is 5.33. The van der Waals surface area contributed by atoms with Crippen LogP contribution in [0.25, 0.3) is 0 Å². The van der Waals surface area contributed by atoms with Crippen molar-refractivity contribution < 1.29 is 23.3 Å². The summed E-state index contributed by atoms with van der Waals surface area (Å²) in [6.45, 7) is -7.67. The summed E-state index contributed by atoms with van der Waals surface area (Å²) in [4.78, 5) is 5.91. The zero-order valence-electron chi connectivity index (χ0n) is 27.1. The Morgan fingerprint density at radius 2 is 2.29 bits per heavy atom. The molecule has 0 N–H and O–H groups in total. The van der Waals surface area contributed by atoms with Gasteiger partial charge in [-0.1, -0.05) is 0 Å². The molecule has 0 fully saturated rings. The van der Waals surface area contributed by atoms with Crippen molar-refractivity contribution in [1.29, 1.82) is 0 Å². The Balaban J connectivity index is 4.13. The van der Waals surface area contributed by atoms with Gasteiger partial charge in [0.1, 0.15) is 0 Å². The van der Waals surface area contributed by atoms with Crippen molar-refractivity contribution in [3.8, 4) is 0 Å². The van der Waals surface area contributed by atoms with Gasteiger partial charge in [0.25, 0.3) is 0 Å². The van der Waals surface area contributed by atoms with Crippen LogP contribution in [0, 0.1) is 5.89 Å². The third-order valence-corrected chi connectivity index (χ3v) is 12.5. The first-order valence-corrected chi connectivity index (χ1v) is 15.9. The molecule has 1 aromatic rings. The molecule has 0 saturated heterocycles. The van der Waals surface area contributed by atoms with Gasteiger partial charge in [0.05, 0.1) is 0 Å². The fraction of sp³-hybridized carbons (Fsp3) is 0.733. The van der Waals surface area contributed by atoms with Crippen LogP contribution in [0.2, 0.25) is 14.8 Å². The summed E-state index contributed by atoms with van der Waals surface area (Å²) in [5.41, 5.74) is -0.462. The van der Waals surface area contributed by atoms with Crippen LogP contribution in [0.15, 0.2) is 11.4 Å². The van der Waals surface area contributed by atoms with E-state index >= 15 is 0 Å². The Hall–Kier alpha value is 0.499. The van der Waals surface area contributed by atoms with E-state index in [9.17, 15) is 0 Å². The molecule has 1 rings (SSSR count). The number of rotatable bonds is 7. The Morgan fingerprint density at radius 3 is 2.88 bits per heavy atom. The monoisotopic (exact) mass is 377 g/mol. The number of hydrogen-bond donors (Lipinski definition) is 0. The molecule has 0 saturated carbocycles. The van der Waals surface area contributed by atoms with Crippen LogP contribution in [0.4, 0.5) is 0 Å². The zero-order chi connectivity index (χ0) is 27.8. The Bertz CT molecular complexity index is 888. The maximum absolute atomic E-state index is 8.77. The van der Waals surface area contributed by atoms with Gasteiger partial charge in [-0.15, -0.1) is 0 Å². The molecule has 1 unspecified atom stereocenters. The zero-order valence-corrected chi connectivity index (χ0v) is 13.7. The van der Waals surface area contributed by atoms with Crippen LogP contribution in [0.3, 0.4) is 0 Å². The molecule has 0 aliphatic rings. The second-order valence-electron chi connectivity index (χ2n) is 4.45. The fourth-order valence-corrected chi connectivity index (χ4v) is 7.27.